The smallest absolute Gasteiger partial charge is 0.0159 e. The highest BCUT2D eigenvalue weighted by molar-refractivity contribution is 5.97. The highest BCUT2D eigenvalue weighted by atomic mass is 14.4. The van der Waals surface area contributed by atoms with Crippen LogP contribution in [0.15, 0.2) is 72.8 Å². The van der Waals surface area contributed by atoms with E-state index in [9.17, 15) is 0 Å². The second kappa shape index (κ2) is 6.95. The summed E-state index contributed by atoms with van der Waals surface area (Å²) in [4.78, 5) is 0. The predicted molar refractivity (Wildman–Crippen MR) is 134 cm³/mol. The highest BCUT2D eigenvalue weighted by Crippen LogP contribution is 2.54. The fraction of sp³-hybridized carbons (Fsp3) is 0.226. The molecule has 0 heteroatoms. The molecule has 154 valence electrons. The van der Waals surface area contributed by atoms with Gasteiger partial charge in [0.05, 0.1) is 0 Å². The van der Waals surface area contributed by atoms with Gasteiger partial charge in [-0.05, 0) is 94.5 Å². The van der Waals surface area contributed by atoms with Gasteiger partial charge in [0.25, 0.3) is 0 Å². The molecular formula is C31H30. The van der Waals surface area contributed by atoms with Gasteiger partial charge in [-0.1, -0.05) is 86.6 Å². The first-order valence-electron chi connectivity index (χ1n) is 11.2. The molecule has 0 amide bonds. The molecule has 0 saturated heterocycles. The third-order valence-electron chi connectivity index (χ3n) is 7.32. The lowest BCUT2D eigenvalue weighted by molar-refractivity contribution is 0.660. The number of rotatable bonds is 2. The SMILES string of the molecule is Cc1ccccc1-c1ccc(C)c(-c2c(C)ccc3c2-c2ccccc2C3(C)C)c1C. The minimum atomic E-state index is 0.0177. The van der Waals surface area contributed by atoms with E-state index in [1.807, 2.05) is 0 Å². The summed E-state index contributed by atoms with van der Waals surface area (Å²) in [5.74, 6) is 0. The lowest BCUT2D eigenvalue weighted by Crippen LogP contribution is -2.15. The van der Waals surface area contributed by atoms with Crippen molar-refractivity contribution in [3.05, 3.63) is 106 Å². The summed E-state index contributed by atoms with van der Waals surface area (Å²) in [6.07, 6.45) is 0. The molecule has 0 spiro atoms. The summed E-state index contributed by atoms with van der Waals surface area (Å²) in [5, 5.41) is 0. The molecule has 0 heterocycles. The fourth-order valence-electron chi connectivity index (χ4n) is 5.62. The monoisotopic (exact) mass is 402 g/mol. The molecule has 31 heavy (non-hydrogen) atoms. The van der Waals surface area contributed by atoms with Crippen LogP contribution in [0, 0.1) is 27.7 Å². The van der Waals surface area contributed by atoms with Crippen LogP contribution in [0.1, 0.15) is 47.2 Å². The maximum absolute atomic E-state index is 2.36. The first kappa shape index (κ1) is 19.8. The predicted octanol–water partition coefficient (Wildman–Crippen LogP) is 8.56. The van der Waals surface area contributed by atoms with Crippen LogP contribution >= 0.6 is 0 Å². The molecule has 0 bridgehead atoms. The summed E-state index contributed by atoms with van der Waals surface area (Å²) in [6, 6.07) is 27.0. The van der Waals surface area contributed by atoms with Crippen molar-refractivity contribution in [3.63, 3.8) is 0 Å². The van der Waals surface area contributed by atoms with Gasteiger partial charge in [-0.3, -0.25) is 0 Å². The first-order chi connectivity index (χ1) is 14.8. The summed E-state index contributed by atoms with van der Waals surface area (Å²) < 4.78 is 0. The molecule has 0 aromatic heterocycles. The Labute approximate surface area is 186 Å². The molecule has 4 aromatic rings. The van der Waals surface area contributed by atoms with Gasteiger partial charge >= 0.3 is 0 Å². The third kappa shape index (κ3) is 2.82. The van der Waals surface area contributed by atoms with Crippen LogP contribution < -0.4 is 0 Å². The maximum Gasteiger partial charge on any atom is 0.0159 e. The van der Waals surface area contributed by atoms with E-state index in [1.54, 1.807) is 0 Å². The standard InChI is InChI=1S/C31H30/c1-19-11-7-8-12-23(19)24-17-15-20(2)28(22(24)4)29-21(3)16-18-27-30(29)25-13-9-10-14-26(25)31(27,5)6/h7-18H,1-6H3. The van der Waals surface area contributed by atoms with E-state index >= 15 is 0 Å². The molecule has 1 aliphatic rings. The second-order valence-corrected chi connectivity index (χ2v) is 9.60. The van der Waals surface area contributed by atoms with E-state index in [1.165, 1.54) is 66.8 Å². The third-order valence-corrected chi connectivity index (χ3v) is 7.32. The molecule has 0 aliphatic heterocycles. The van der Waals surface area contributed by atoms with Gasteiger partial charge in [0.2, 0.25) is 0 Å². The van der Waals surface area contributed by atoms with Crippen LogP contribution in [-0.2, 0) is 5.41 Å². The average molecular weight is 403 g/mol. The average Bonchev–Trinajstić information content (AvgIpc) is 2.98. The minimum absolute atomic E-state index is 0.0177. The zero-order chi connectivity index (χ0) is 21.9. The van der Waals surface area contributed by atoms with Gasteiger partial charge in [0.1, 0.15) is 0 Å². The maximum atomic E-state index is 2.36. The van der Waals surface area contributed by atoms with Gasteiger partial charge in [0.15, 0.2) is 0 Å². The molecule has 0 saturated carbocycles. The Morgan fingerprint density at radius 1 is 0.452 bits per heavy atom. The molecule has 0 nitrogen and oxygen atoms in total. The molecule has 0 radical (unpaired) electrons. The first-order valence-corrected chi connectivity index (χ1v) is 11.2. The van der Waals surface area contributed by atoms with Gasteiger partial charge < -0.3 is 0 Å². The fourth-order valence-corrected chi connectivity index (χ4v) is 5.62. The van der Waals surface area contributed by atoms with E-state index in [4.69, 9.17) is 0 Å². The Morgan fingerprint density at radius 3 is 1.81 bits per heavy atom. The molecule has 0 atom stereocenters. The van der Waals surface area contributed by atoms with Crippen molar-refractivity contribution in [1.82, 2.24) is 0 Å². The topological polar surface area (TPSA) is 0 Å². The van der Waals surface area contributed by atoms with Gasteiger partial charge in [-0.15, -0.1) is 0 Å². The highest BCUT2D eigenvalue weighted by Gasteiger charge is 2.37. The Balaban J connectivity index is 1.87. The number of fused-ring (bicyclic) bond motifs is 3. The van der Waals surface area contributed by atoms with Crippen LogP contribution in [0.5, 0.6) is 0 Å². The number of aryl methyl sites for hydroxylation is 3. The van der Waals surface area contributed by atoms with E-state index in [2.05, 4.69) is 114 Å². The summed E-state index contributed by atoms with van der Waals surface area (Å²) >= 11 is 0. The molecule has 5 rings (SSSR count). The lowest BCUT2D eigenvalue weighted by atomic mass is 9.80. The Hall–Kier alpha value is -3.12. The van der Waals surface area contributed by atoms with Crippen LogP contribution in [-0.4, -0.2) is 0 Å². The van der Waals surface area contributed by atoms with Crippen molar-refractivity contribution < 1.29 is 0 Å². The van der Waals surface area contributed by atoms with Crippen LogP contribution in [0.2, 0.25) is 0 Å². The minimum Gasteiger partial charge on any atom is -0.0620 e. The van der Waals surface area contributed by atoms with Crippen molar-refractivity contribution in [1.29, 1.82) is 0 Å². The Morgan fingerprint density at radius 2 is 1.06 bits per heavy atom. The zero-order valence-corrected chi connectivity index (χ0v) is 19.4. The van der Waals surface area contributed by atoms with Gasteiger partial charge in [-0.2, -0.15) is 0 Å². The van der Waals surface area contributed by atoms with E-state index < -0.39 is 0 Å². The van der Waals surface area contributed by atoms with Crippen LogP contribution in [0.3, 0.4) is 0 Å². The zero-order valence-electron chi connectivity index (χ0n) is 19.4. The lowest BCUT2D eigenvalue weighted by Gasteiger charge is -2.24. The number of benzene rings is 4. The van der Waals surface area contributed by atoms with Crippen molar-refractivity contribution in [2.45, 2.75) is 47.0 Å². The van der Waals surface area contributed by atoms with Crippen LogP contribution in [0.4, 0.5) is 0 Å². The quantitative estimate of drug-likeness (QED) is 0.315. The van der Waals surface area contributed by atoms with Crippen molar-refractivity contribution in [2.24, 2.45) is 0 Å². The molecule has 0 fully saturated rings. The number of hydrogen-bond donors (Lipinski definition) is 0. The van der Waals surface area contributed by atoms with Crippen LogP contribution in [0.25, 0.3) is 33.4 Å². The molecule has 0 unspecified atom stereocenters. The molecular weight excluding hydrogens is 372 g/mol. The molecule has 1 aliphatic carbocycles. The Kier molecular flexibility index (Phi) is 4.45. The Bertz CT molecular complexity index is 1330. The van der Waals surface area contributed by atoms with Crippen molar-refractivity contribution in [2.75, 3.05) is 0 Å². The summed E-state index contributed by atoms with van der Waals surface area (Å²) in [7, 11) is 0. The normalized spacial score (nSPS) is 13.7. The van der Waals surface area contributed by atoms with E-state index in [0.717, 1.165) is 0 Å². The molecule has 4 aromatic carbocycles. The van der Waals surface area contributed by atoms with Crippen molar-refractivity contribution in [3.8, 4) is 33.4 Å². The summed E-state index contributed by atoms with van der Waals surface area (Å²) in [5.41, 5.74) is 16.5. The number of hydrogen-bond acceptors (Lipinski definition) is 0. The van der Waals surface area contributed by atoms with E-state index in [0.29, 0.717) is 0 Å². The van der Waals surface area contributed by atoms with Crippen molar-refractivity contribution >= 4 is 0 Å². The second-order valence-electron chi connectivity index (χ2n) is 9.60. The summed E-state index contributed by atoms with van der Waals surface area (Å²) in [6.45, 7) is 13.8. The van der Waals surface area contributed by atoms with E-state index in [-0.39, 0.29) is 5.41 Å². The largest absolute Gasteiger partial charge is 0.0620 e. The molecule has 0 N–H and O–H groups in total. The van der Waals surface area contributed by atoms with Gasteiger partial charge in [0, 0.05) is 5.41 Å². The van der Waals surface area contributed by atoms with Gasteiger partial charge in [-0.25, -0.2) is 0 Å².